The van der Waals surface area contributed by atoms with Gasteiger partial charge in [-0.15, -0.1) is 0 Å². The van der Waals surface area contributed by atoms with Crippen molar-refractivity contribution < 1.29 is 18.8 Å². The maximum Gasteiger partial charge on any atom is 0.0375 e. The second kappa shape index (κ2) is 12.9. The van der Waals surface area contributed by atoms with E-state index in [4.69, 9.17) is 5.53 Å². The molecule has 0 N–H and O–H groups in total. The molecule has 0 radical (unpaired) electrons. The van der Waals surface area contributed by atoms with E-state index in [0.29, 0.717) is 5.69 Å². The van der Waals surface area contributed by atoms with E-state index in [1.54, 1.807) is 12.1 Å². The van der Waals surface area contributed by atoms with Gasteiger partial charge >= 0.3 is 0 Å². The summed E-state index contributed by atoms with van der Waals surface area (Å²) in [6.07, 6.45) is 0. The molecule has 1 aromatic rings. The van der Waals surface area contributed by atoms with Crippen LogP contribution in [0.5, 0.6) is 0 Å². The van der Waals surface area contributed by atoms with Crippen molar-refractivity contribution >= 4 is 5.69 Å². The van der Waals surface area contributed by atoms with Crippen LogP contribution in [0.2, 0.25) is 0 Å². The predicted molar refractivity (Wildman–Crippen MR) is 45.3 cm³/mol. The standard InChI is InChI=1S/C6H5N3.4FH/c7-9-8-6-4-2-1-3-5-6;;;;/h1-5H;4*1H. The highest BCUT2D eigenvalue weighted by molar-refractivity contribution is 5.35. The summed E-state index contributed by atoms with van der Waals surface area (Å²) in [5.41, 5.74) is 8.63. The lowest BCUT2D eigenvalue weighted by Crippen LogP contribution is -1.56. The van der Waals surface area contributed by atoms with E-state index in [1.807, 2.05) is 18.2 Å². The van der Waals surface area contributed by atoms with Crippen LogP contribution in [0.25, 0.3) is 10.4 Å². The molecule has 0 atom stereocenters. The normalized spacial score (nSPS) is 5.54. The van der Waals surface area contributed by atoms with Crippen LogP contribution in [-0.2, 0) is 0 Å². The molecule has 0 saturated heterocycles. The number of benzene rings is 1. The lowest BCUT2D eigenvalue weighted by molar-refractivity contribution is 1.11. The number of halogens is 4. The van der Waals surface area contributed by atoms with Gasteiger partial charge in [0.05, 0.1) is 0 Å². The molecular weight excluding hydrogens is 190 g/mol. The van der Waals surface area contributed by atoms with Crippen molar-refractivity contribution in [3.05, 3.63) is 40.8 Å². The van der Waals surface area contributed by atoms with E-state index in [2.05, 4.69) is 10.0 Å². The molecule has 0 bridgehead atoms. The third kappa shape index (κ3) is 8.15. The second-order valence-corrected chi connectivity index (χ2v) is 1.52. The molecule has 7 heteroatoms. The summed E-state index contributed by atoms with van der Waals surface area (Å²) in [5, 5.41) is 3.39. The zero-order valence-corrected chi connectivity index (χ0v) is 6.36. The zero-order chi connectivity index (χ0) is 6.53. The molecule has 0 fully saturated rings. The molecule has 0 spiro atoms. The maximum absolute atomic E-state index is 7.98. The van der Waals surface area contributed by atoms with Crippen molar-refractivity contribution in [1.82, 2.24) is 0 Å². The molecule has 0 aromatic heterocycles. The van der Waals surface area contributed by atoms with Gasteiger partial charge in [0.15, 0.2) is 0 Å². The number of nitrogens with zero attached hydrogens (tertiary/aromatic N) is 3. The quantitative estimate of drug-likeness (QED) is 0.288. The molecule has 0 saturated carbocycles. The van der Waals surface area contributed by atoms with Crippen molar-refractivity contribution in [3.8, 4) is 0 Å². The van der Waals surface area contributed by atoms with Gasteiger partial charge < -0.3 is 0 Å². The smallest absolute Gasteiger partial charge is 0.0375 e. The molecular formula is C6H9F4N3. The zero-order valence-electron chi connectivity index (χ0n) is 6.36. The van der Waals surface area contributed by atoms with Gasteiger partial charge in [-0.3, -0.25) is 18.8 Å². The SMILES string of the molecule is F.F.F.F.[N-]=[N+]=Nc1ccccc1. The number of hydrogen-bond acceptors (Lipinski definition) is 1. The minimum absolute atomic E-state index is 0. The number of hydrogen-bond donors (Lipinski definition) is 0. The van der Waals surface area contributed by atoms with Crippen LogP contribution in [0.1, 0.15) is 0 Å². The monoisotopic (exact) mass is 199 g/mol. The average molecular weight is 199 g/mol. The van der Waals surface area contributed by atoms with Crippen LogP contribution in [0, 0.1) is 0 Å². The van der Waals surface area contributed by atoms with Gasteiger partial charge in [-0.2, -0.15) is 0 Å². The highest BCUT2D eigenvalue weighted by atomic mass is 19.0. The van der Waals surface area contributed by atoms with Crippen molar-refractivity contribution in [3.63, 3.8) is 0 Å². The van der Waals surface area contributed by atoms with Gasteiger partial charge in [-0.25, -0.2) is 0 Å². The fraction of sp³-hybridized carbons (Fsp3) is 0. The Morgan fingerprint density at radius 3 is 1.77 bits per heavy atom. The molecule has 1 aromatic carbocycles. The predicted octanol–water partition coefficient (Wildman–Crippen LogP) is 3.24. The fourth-order valence-electron chi connectivity index (χ4n) is 0.546. The van der Waals surface area contributed by atoms with Crippen molar-refractivity contribution in [2.45, 2.75) is 0 Å². The highest BCUT2D eigenvalue weighted by Crippen LogP contribution is 2.08. The van der Waals surface area contributed by atoms with E-state index in [0.717, 1.165) is 0 Å². The van der Waals surface area contributed by atoms with Gasteiger partial charge in [-0.05, 0) is 5.53 Å². The first-order chi connectivity index (χ1) is 4.43. The molecule has 0 aliphatic heterocycles. The number of azide groups is 1. The lowest BCUT2D eigenvalue weighted by atomic mass is 10.3. The molecule has 0 aliphatic carbocycles. The van der Waals surface area contributed by atoms with Crippen LogP contribution in [0.4, 0.5) is 24.5 Å². The third-order valence-corrected chi connectivity index (χ3v) is 0.916. The largest absolute Gasteiger partial charge is 0.269 e. The summed E-state index contributed by atoms with van der Waals surface area (Å²) >= 11 is 0. The Morgan fingerprint density at radius 2 is 1.38 bits per heavy atom. The van der Waals surface area contributed by atoms with Gasteiger partial charge in [0.1, 0.15) is 0 Å². The Bertz CT molecular complexity index is 235. The van der Waals surface area contributed by atoms with Crippen LogP contribution in [0.3, 0.4) is 0 Å². The van der Waals surface area contributed by atoms with Crippen molar-refractivity contribution in [1.29, 1.82) is 0 Å². The topological polar surface area (TPSA) is 48.8 Å². The molecule has 13 heavy (non-hydrogen) atoms. The van der Waals surface area contributed by atoms with Gasteiger partial charge in [0.2, 0.25) is 0 Å². The first-order valence-corrected chi connectivity index (χ1v) is 2.53. The average Bonchev–Trinajstić information content (AvgIpc) is 1.91. The summed E-state index contributed by atoms with van der Waals surface area (Å²) in [4.78, 5) is 2.63. The van der Waals surface area contributed by atoms with E-state index in [-0.39, 0.29) is 18.8 Å². The summed E-state index contributed by atoms with van der Waals surface area (Å²) in [6, 6.07) is 9.02. The van der Waals surface area contributed by atoms with Crippen LogP contribution >= 0.6 is 0 Å². The summed E-state index contributed by atoms with van der Waals surface area (Å²) in [6.45, 7) is 0. The summed E-state index contributed by atoms with van der Waals surface area (Å²) in [7, 11) is 0. The summed E-state index contributed by atoms with van der Waals surface area (Å²) in [5.74, 6) is 0. The number of rotatable bonds is 1. The van der Waals surface area contributed by atoms with Gasteiger partial charge in [-0.1, -0.05) is 35.4 Å². The molecule has 3 nitrogen and oxygen atoms in total. The molecule has 0 amide bonds. The van der Waals surface area contributed by atoms with E-state index in [1.165, 1.54) is 0 Å². The minimum atomic E-state index is 0. The molecule has 0 heterocycles. The Balaban J connectivity index is -0.000000101. The maximum atomic E-state index is 7.98. The first-order valence-electron chi connectivity index (χ1n) is 2.53. The minimum Gasteiger partial charge on any atom is -0.269 e. The molecule has 0 aliphatic rings. The van der Waals surface area contributed by atoms with E-state index >= 15 is 0 Å². The van der Waals surface area contributed by atoms with E-state index < -0.39 is 0 Å². The molecule has 0 unspecified atom stereocenters. The van der Waals surface area contributed by atoms with Crippen molar-refractivity contribution in [2.24, 2.45) is 5.11 Å². The van der Waals surface area contributed by atoms with Gasteiger partial charge in [0.25, 0.3) is 0 Å². The first kappa shape index (κ1) is 22.5. The van der Waals surface area contributed by atoms with Crippen LogP contribution < -0.4 is 0 Å². The Labute approximate surface area is 71.5 Å². The third-order valence-electron chi connectivity index (χ3n) is 0.916. The van der Waals surface area contributed by atoms with Gasteiger partial charge in [0, 0.05) is 10.6 Å². The lowest BCUT2D eigenvalue weighted by Gasteiger charge is -1.83. The second-order valence-electron chi connectivity index (χ2n) is 1.52. The highest BCUT2D eigenvalue weighted by Gasteiger charge is 1.78. The van der Waals surface area contributed by atoms with E-state index in [9.17, 15) is 0 Å². The molecule has 76 valence electrons. The Hall–Kier alpha value is -1.75. The Kier molecular flexibility index (Phi) is 22.3. The van der Waals surface area contributed by atoms with Crippen LogP contribution in [0.15, 0.2) is 35.4 Å². The Morgan fingerprint density at radius 1 is 0.923 bits per heavy atom. The summed E-state index contributed by atoms with van der Waals surface area (Å²) < 4.78 is 0. The fourth-order valence-corrected chi connectivity index (χ4v) is 0.546. The van der Waals surface area contributed by atoms with Crippen LogP contribution in [-0.4, -0.2) is 0 Å². The molecule has 1 rings (SSSR count). The van der Waals surface area contributed by atoms with Crippen molar-refractivity contribution in [2.75, 3.05) is 0 Å².